The van der Waals surface area contributed by atoms with Crippen LogP contribution in [0.2, 0.25) is 5.02 Å². The minimum atomic E-state index is -4.72. The number of amides is 1. The van der Waals surface area contributed by atoms with E-state index in [1.165, 1.54) is 68.8 Å². The van der Waals surface area contributed by atoms with Crippen molar-refractivity contribution < 1.29 is 35.9 Å². The van der Waals surface area contributed by atoms with Crippen LogP contribution in [-0.2, 0) is 21.0 Å². The Bertz CT molecular complexity index is 1320. The third-order valence-corrected chi connectivity index (χ3v) is 6.87. The minimum Gasteiger partial charge on any atom is -0.493 e. The summed E-state index contributed by atoms with van der Waals surface area (Å²) < 4.78 is 78.1. The zero-order valence-electron chi connectivity index (χ0n) is 18.5. The van der Waals surface area contributed by atoms with Gasteiger partial charge in [0.1, 0.15) is 6.54 Å². The molecule has 1 amide bonds. The maximum atomic E-state index is 13.5. The Balaban J connectivity index is 2.00. The Labute approximate surface area is 205 Å². The lowest BCUT2D eigenvalue weighted by atomic mass is 10.1. The predicted octanol–water partition coefficient (Wildman–Crippen LogP) is 5.21. The molecule has 7 nitrogen and oxygen atoms in total. The van der Waals surface area contributed by atoms with Crippen molar-refractivity contribution in [3.63, 3.8) is 0 Å². The fraction of sp³-hybridized carbons (Fsp3) is 0.174. The molecule has 0 radical (unpaired) electrons. The van der Waals surface area contributed by atoms with Gasteiger partial charge in [0.05, 0.1) is 36.1 Å². The number of carbonyl (C=O) groups excluding carboxylic acids is 1. The first-order chi connectivity index (χ1) is 16.5. The Kier molecular flexibility index (Phi) is 7.81. The number of methoxy groups -OCH3 is 2. The van der Waals surface area contributed by atoms with Crippen molar-refractivity contribution in [2.45, 2.75) is 11.1 Å². The summed E-state index contributed by atoms with van der Waals surface area (Å²) in [6, 6.07) is 13.8. The summed E-state index contributed by atoms with van der Waals surface area (Å²) in [5.41, 5.74) is -1.48. The number of rotatable bonds is 8. The number of nitrogens with one attached hydrogen (secondary N) is 1. The Morgan fingerprint density at radius 3 is 2.20 bits per heavy atom. The quantitative estimate of drug-likeness (QED) is 0.434. The molecule has 0 bridgehead atoms. The summed E-state index contributed by atoms with van der Waals surface area (Å²) in [7, 11) is -1.66. The highest BCUT2D eigenvalue weighted by molar-refractivity contribution is 7.92. The van der Waals surface area contributed by atoms with E-state index in [0.717, 1.165) is 16.4 Å². The Hall–Kier alpha value is -3.44. The molecule has 186 valence electrons. The van der Waals surface area contributed by atoms with Crippen LogP contribution in [0.3, 0.4) is 0 Å². The van der Waals surface area contributed by atoms with E-state index in [-0.39, 0.29) is 22.1 Å². The van der Waals surface area contributed by atoms with Crippen LogP contribution in [0.15, 0.2) is 71.6 Å². The number of sulfonamides is 1. The number of benzene rings is 3. The second-order valence-electron chi connectivity index (χ2n) is 7.10. The second-order valence-corrected chi connectivity index (χ2v) is 9.40. The number of nitrogens with zero attached hydrogens (tertiary/aromatic N) is 1. The molecule has 12 heteroatoms. The lowest BCUT2D eigenvalue weighted by Crippen LogP contribution is -2.38. The van der Waals surface area contributed by atoms with E-state index in [1.54, 1.807) is 0 Å². The van der Waals surface area contributed by atoms with Gasteiger partial charge in [0.25, 0.3) is 10.0 Å². The second kappa shape index (κ2) is 10.4. The monoisotopic (exact) mass is 528 g/mol. The number of carbonyl (C=O) groups is 1. The molecule has 3 aromatic carbocycles. The van der Waals surface area contributed by atoms with Gasteiger partial charge in [-0.25, -0.2) is 8.42 Å². The third kappa shape index (κ3) is 5.98. The Morgan fingerprint density at radius 1 is 0.971 bits per heavy atom. The van der Waals surface area contributed by atoms with E-state index in [2.05, 4.69) is 5.32 Å². The van der Waals surface area contributed by atoms with Gasteiger partial charge in [-0.2, -0.15) is 13.2 Å². The van der Waals surface area contributed by atoms with Gasteiger partial charge in [-0.05, 0) is 48.5 Å². The first-order valence-electron chi connectivity index (χ1n) is 9.93. The van der Waals surface area contributed by atoms with E-state index in [1.807, 2.05) is 0 Å². The smallest absolute Gasteiger partial charge is 0.418 e. The van der Waals surface area contributed by atoms with E-state index < -0.39 is 39.9 Å². The first kappa shape index (κ1) is 26.2. The number of hydrogen-bond donors (Lipinski definition) is 1. The van der Waals surface area contributed by atoms with Crippen molar-refractivity contribution in [3.05, 3.63) is 77.3 Å². The summed E-state index contributed by atoms with van der Waals surface area (Å²) in [5.74, 6) is -0.570. The third-order valence-electron chi connectivity index (χ3n) is 4.85. The molecule has 0 aliphatic rings. The van der Waals surface area contributed by atoms with Crippen LogP contribution in [0.1, 0.15) is 5.56 Å². The largest absolute Gasteiger partial charge is 0.493 e. The highest BCUT2D eigenvalue weighted by Gasteiger charge is 2.34. The van der Waals surface area contributed by atoms with E-state index in [9.17, 15) is 26.4 Å². The number of alkyl halides is 3. The SMILES string of the molecule is COc1ccc(S(=O)(=O)N(CC(=O)Nc2ccccc2C(F)(F)F)c2ccc(Cl)cc2)cc1OC. The van der Waals surface area contributed by atoms with Crippen molar-refractivity contribution >= 4 is 38.9 Å². The zero-order chi connectivity index (χ0) is 25.8. The van der Waals surface area contributed by atoms with Gasteiger partial charge in [0, 0.05) is 11.1 Å². The van der Waals surface area contributed by atoms with E-state index in [4.69, 9.17) is 21.1 Å². The zero-order valence-corrected chi connectivity index (χ0v) is 20.0. The van der Waals surface area contributed by atoms with Crippen molar-refractivity contribution in [2.24, 2.45) is 0 Å². The van der Waals surface area contributed by atoms with Gasteiger partial charge >= 0.3 is 6.18 Å². The molecular weight excluding hydrogens is 509 g/mol. The molecule has 0 aliphatic heterocycles. The fourth-order valence-corrected chi connectivity index (χ4v) is 4.75. The topological polar surface area (TPSA) is 84.9 Å². The van der Waals surface area contributed by atoms with Gasteiger partial charge in [-0.3, -0.25) is 9.10 Å². The van der Waals surface area contributed by atoms with Crippen LogP contribution in [0, 0.1) is 0 Å². The summed E-state index contributed by atoms with van der Waals surface area (Å²) in [6.07, 6.45) is -4.72. The van der Waals surface area contributed by atoms with Gasteiger partial charge in [-0.1, -0.05) is 23.7 Å². The molecule has 0 saturated carbocycles. The molecule has 0 spiro atoms. The lowest BCUT2D eigenvalue weighted by molar-refractivity contribution is -0.137. The fourth-order valence-electron chi connectivity index (χ4n) is 3.19. The van der Waals surface area contributed by atoms with Crippen LogP contribution in [0.25, 0.3) is 0 Å². The molecule has 1 N–H and O–H groups in total. The van der Waals surface area contributed by atoms with Crippen LogP contribution in [0.5, 0.6) is 11.5 Å². The first-order valence-corrected chi connectivity index (χ1v) is 11.8. The normalized spacial score (nSPS) is 11.6. The molecule has 0 fully saturated rings. The average molecular weight is 529 g/mol. The molecule has 3 rings (SSSR count). The molecule has 0 aromatic heterocycles. The van der Waals surface area contributed by atoms with Crippen LogP contribution in [0.4, 0.5) is 24.5 Å². The molecule has 0 aliphatic carbocycles. The van der Waals surface area contributed by atoms with Crippen LogP contribution in [-0.4, -0.2) is 35.1 Å². The molecule has 0 saturated heterocycles. The Morgan fingerprint density at radius 2 is 1.60 bits per heavy atom. The average Bonchev–Trinajstić information content (AvgIpc) is 2.82. The van der Waals surface area contributed by atoms with Crippen molar-refractivity contribution in [1.29, 1.82) is 0 Å². The molecular formula is C23H20ClF3N2O5S. The van der Waals surface area contributed by atoms with E-state index in [0.29, 0.717) is 5.02 Å². The minimum absolute atomic E-state index is 0.0726. The summed E-state index contributed by atoms with van der Waals surface area (Å²) in [4.78, 5) is 12.6. The maximum Gasteiger partial charge on any atom is 0.418 e. The maximum absolute atomic E-state index is 13.5. The summed E-state index contributed by atoms with van der Waals surface area (Å²) in [5, 5.41) is 2.48. The summed E-state index contributed by atoms with van der Waals surface area (Å²) in [6.45, 7) is -0.815. The van der Waals surface area contributed by atoms with Crippen molar-refractivity contribution in [1.82, 2.24) is 0 Å². The van der Waals surface area contributed by atoms with Gasteiger partial charge in [0.2, 0.25) is 5.91 Å². The van der Waals surface area contributed by atoms with Gasteiger partial charge < -0.3 is 14.8 Å². The molecule has 0 heterocycles. The summed E-state index contributed by atoms with van der Waals surface area (Å²) >= 11 is 5.91. The number of hydrogen-bond acceptors (Lipinski definition) is 5. The van der Waals surface area contributed by atoms with Crippen LogP contribution < -0.4 is 19.1 Å². The highest BCUT2D eigenvalue weighted by Crippen LogP contribution is 2.35. The lowest BCUT2D eigenvalue weighted by Gasteiger charge is -2.25. The number of para-hydroxylation sites is 1. The number of ether oxygens (including phenoxy) is 2. The number of anilines is 2. The molecule has 35 heavy (non-hydrogen) atoms. The molecule has 3 aromatic rings. The van der Waals surface area contributed by atoms with Gasteiger partial charge in [-0.15, -0.1) is 0 Å². The van der Waals surface area contributed by atoms with Crippen molar-refractivity contribution in [2.75, 3.05) is 30.4 Å². The predicted molar refractivity (Wildman–Crippen MR) is 126 cm³/mol. The van der Waals surface area contributed by atoms with Gasteiger partial charge in [0.15, 0.2) is 11.5 Å². The highest BCUT2D eigenvalue weighted by atomic mass is 35.5. The molecule has 0 unspecified atom stereocenters. The standard InChI is InChI=1S/C23H20ClF3N2O5S/c1-33-20-12-11-17(13-21(20)34-2)35(31,32)29(16-9-7-15(24)8-10-16)14-22(30)28-19-6-4-3-5-18(19)23(25,26)27/h3-13H,14H2,1-2H3,(H,28,30). The van der Waals surface area contributed by atoms with E-state index >= 15 is 0 Å². The number of halogens is 4. The molecule has 0 atom stereocenters. The van der Waals surface area contributed by atoms with Crippen molar-refractivity contribution in [3.8, 4) is 11.5 Å². The van der Waals surface area contributed by atoms with Crippen LogP contribution >= 0.6 is 11.6 Å².